The number of nitrogens with zero attached hydrogens (tertiary/aromatic N) is 3. The van der Waals surface area contributed by atoms with Gasteiger partial charge in [0.1, 0.15) is 6.04 Å². The van der Waals surface area contributed by atoms with Crippen molar-refractivity contribution in [1.82, 2.24) is 14.7 Å². The number of imide groups is 1. The van der Waals surface area contributed by atoms with Crippen LogP contribution in [-0.2, 0) is 9.59 Å². The number of rotatable bonds is 3. The Morgan fingerprint density at radius 2 is 1.79 bits per heavy atom. The molecule has 0 N–H and O–H groups in total. The Morgan fingerprint density at radius 1 is 1.17 bits per heavy atom. The standard InChI is InChI=1S/C18H23N3O3/c1-5-14-16(20(14)12(3)22)17(23)21-15(11(2)19(4)18(21)24)13-9-7-6-8-10-13/h6-11,14-16H,5H2,1-4H3/t11-,14-,15-,16+,20?/m0/s1. The largest absolute Gasteiger partial charge is 0.327 e. The molecule has 2 saturated heterocycles. The van der Waals surface area contributed by atoms with E-state index in [1.165, 1.54) is 11.8 Å². The summed E-state index contributed by atoms with van der Waals surface area (Å²) >= 11 is 0. The number of carbonyl (C=O) groups is 3. The quantitative estimate of drug-likeness (QED) is 0.797. The Balaban J connectivity index is 1.93. The van der Waals surface area contributed by atoms with Crippen LogP contribution in [0.15, 0.2) is 30.3 Å². The average Bonchev–Trinajstić information content (AvgIpc) is 3.28. The SMILES string of the molecule is CC[C@H]1[C@H](C(=O)N2C(=O)N(C)[C@@H](C)[C@H]2c2ccccc2)N1C(C)=O. The molecule has 128 valence electrons. The molecule has 2 heterocycles. The Kier molecular flexibility index (Phi) is 4.07. The van der Waals surface area contributed by atoms with Gasteiger partial charge in [0.15, 0.2) is 0 Å². The summed E-state index contributed by atoms with van der Waals surface area (Å²) in [6.45, 7) is 5.35. The topological polar surface area (TPSA) is 60.7 Å². The third-order valence-electron chi connectivity index (χ3n) is 5.20. The van der Waals surface area contributed by atoms with Crippen molar-refractivity contribution >= 4 is 17.8 Å². The molecule has 2 aliphatic rings. The number of hydrogen-bond acceptors (Lipinski definition) is 3. The van der Waals surface area contributed by atoms with Crippen LogP contribution < -0.4 is 0 Å². The molecule has 0 radical (unpaired) electrons. The zero-order chi connectivity index (χ0) is 17.6. The highest BCUT2D eigenvalue weighted by Gasteiger charge is 2.58. The Hall–Kier alpha value is -2.37. The zero-order valence-electron chi connectivity index (χ0n) is 14.5. The van der Waals surface area contributed by atoms with Crippen LogP contribution >= 0.6 is 0 Å². The van der Waals surface area contributed by atoms with Crippen LogP contribution in [0.1, 0.15) is 38.8 Å². The normalized spacial score (nSPS) is 29.2. The maximum absolute atomic E-state index is 13.1. The minimum absolute atomic E-state index is 0.0968. The van der Waals surface area contributed by atoms with Crippen molar-refractivity contribution in [1.29, 1.82) is 0 Å². The van der Waals surface area contributed by atoms with E-state index in [9.17, 15) is 14.4 Å². The number of hydrogen-bond donors (Lipinski definition) is 0. The smallest absolute Gasteiger partial charge is 0.323 e. The van der Waals surface area contributed by atoms with Gasteiger partial charge in [-0.05, 0) is 18.9 Å². The van der Waals surface area contributed by atoms with Gasteiger partial charge in [-0.15, -0.1) is 0 Å². The highest BCUT2D eigenvalue weighted by molar-refractivity contribution is 6.03. The Labute approximate surface area is 142 Å². The van der Waals surface area contributed by atoms with E-state index in [1.54, 1.807) is 16.8 Å². The van der Waals surface area contributed by atoms with E-state index in [1.807, 2.05) is 44.2 Å². The molecule has 1 aromatic carbocycles. The Bertz CT molecular complexity index is 675. The van der Waals surface area contributed by atoms with Gasteiger partial charge in [-0.3, -0.25) is 14.5 Å². The number of benzene rings is 1. The van der Waals surface area contributed by atoms with Gasteiger partial charge in [-0.1, -0.05) is 37.3 Å². The molecule has 1 aromatic rings. The summed E-state index contributed by atoms with van der Waals surface area (Å²) in [4.78, 5) is 42.0. The lowest BCUT2D eigenvalue weighted by molar-refractivity contribution is -0.133. The van der Waals surface area contributed by atoms with Gasteiger partial charge < -0.3 is 9.80 Å². The third-order valence-corrected chi connectivity index (χ3v) is 5.20. The summed E-state index contributed by atoms with van der Waals surface area (Å²) in [5.41, 5.74) is 0.930. The molecule has 6 heteroatoms. The number of likely N-dealkylation sites (N-methyl/N-ethyl adjacent to an activating group) is 1. The summed E-state index contributed by atoms with van der Waals surface area (Å²) in [7, 11) is 1.71. The number of urea groups is 1. The first-order valence-electron chi connectivity index (χ1n) is 8.33. The molecule has 3 rings (SSSR count). The first-order valence-corrected chi connectivity index (χ1v) is 8.33. The van der Waals surface area contributed by atoms with E-state index in [0.29, 0.717) is 6.42 Å². The van der Waals surface area contributed by atoms with Crippen LogP contribution in [0.2, 0.25) is 0 Å². The molecular formula is C18H23N3O3. The van der Waals surface area contributed by atoms with Crippen LogP contribution in [0.5, 0.6) is 0 Å². The molecule has 2 aliphatic heterocycles. The van der Waals surface area contributed by atoms with E-state index in [-0.39, 0.29) is 36.0 Å². The summed E-state index contributed by atoms with van der Waals surface area (Å²) in [6, 6.07) is 8.22. The maximum Gasteiger partial charge on any atom is 0.327 e. The molecule has 0 saturated carbocycles. The van der Waals surface area contributed by atoms with Gasteiger partial charge in [-0.25, -0.2) is 4.79 Å². The fraction of sp³-hybridized carbons (Fsp3) is 0.500. The van der Waals surface area contributed by atoms with E-state index in [4.69, 9.17) is 0 Å². The molecule has 24 heavy (non-hydrogen) atoms. The van der Waals surface area contributed by atoms with Crippen molar-refractivity contribution in [3.8, 4) is 0 Å². The molecule has 2 fully saturated rings. The fourth-order valence-electron chi connectivity index (χ4n) is 3.76. The highest BCUT2D eigenvalue weighted by Crippen LogP contribution is 2.39. The van der Waals surface area contributed by atoms with Crippen LogP contribution in [-0.4, -0.2) is 57.7 Å². The first-order chi connectivity index (χ1) is 11.4. The van der Waals surface area contributed by atoms with Crippen molar-refractivity contribution in [3.63, 3.8) is 0 Å². The summed E-state index contributed by atoms with van der Waals surface area (Å²) < 4.78 is 0. The molecule has 0 spiro atoms. The van der Waals surface area contributed by atoms with Crippen LogP contribution in [0.4, 0.5) is 4.79 Å². The lowest BCUT2D eigenvalue weighted by atomic mass is 10.00. The predicted octanol–water partition coefficient (Wildman–Crippen LogP) is 2.02. The second-order valence-corrected chi connectivity index (χ2v) is 6.54. The molecule has 0 aliphatic carbocycles. The van der Waals surface area contributed by atoms with Crippen molar-refractivity contribution in [2.75, 3.05) is 7.05 Å². The van der Waals surface area contributed by atoms with Crippen molar-refractivity contribution in [2.45, 2.75) is 51.4 Å². The predicted molar refractivity (Wildman–Crippen MR) is 89.0 cm³/mol. The van der Waals surface area contributed by atoms with Gasteiger partial charge in [0.25, 0.3) is 5.91 Å². The summed E-state index contributed by atoms with van der Waals surface area (Å²) in [5, 5.41) is 0. The van der Waals surface area contributed by atoms with Crippen molar-refractivity contribution in [3.05, 3.63) is 35.9 Å². The number of amides is 4. The first kappa shape index (κ1) is 16.5. The molecule has 0 aromatic heterocycles. The van der Waals surface area contributed by atoms with Gasteiger partial charge in [0, 0.05) is 14.0 Å². The lowest BCUT2D eigenvalue weighted by Crippen LogP contribution is -2.40. The highest BCUT2D eigenvalue weighted by atomic mass is 16.2. The van der Waals surface area contributed by atoms with Crippen molar-refractivity contribution < 1.29 is 14.4 Å². The average molecular weight is 329 g/mol. The van der Waals surface area contributed by atoms with Gasteiger partial charge in [-0.2, -0.15) is 0 Å². The van der Waals surface area contributed by atoms with Crippen LogP contribution in [0.25, 0.3) is 0 Å². The molecule has 0 unspecified atom stereocenters. The van der Waals surface area contributed by atoms with E-state index in [0.717, 1.165) is 5.56 Å². The number of carbonyl (C=O) groups excluding carboxylic acids is 3. The summed E-state index contributed by atoms with van der Waals surface area (Å²) in [5.74, 6) is -0.392. The Morgan fingerprint density at radius 3 is 2.29 bits per heavy atom. The molecule has 0 bridgehead atoms. The van der Waals surface area contributed by atoms with Gasteiger partial charge in [0.2, 0.25) is 5.91 Å². The van der Waals surface area contributed by atoms with Gasteiger partial charge >= 0.3 is 6.03 Å². The zero-order valence-corrected chi connectivity index (χ0v) is 14.5. The molecular weight excluding hydrogens is 306 g/mol. The molecule has 6 nitrogen and oxygen atoms in total. The summed E-state index contributed by atoms with van der Waals surface area (Å²) in [6.07, 6.45) is 0.708. The minimum atomic E-state index is -0.513. The monoisotopic (exact) mass is 329 g/mol. The van der Waals surface area contributed by atoms with Crippen LogP contribution in [0.3, 0.4) is 0 Å². The molecule has 4 atom stereocenters. The lowest BCUT2D eigenvalue weighted by Gasteiger charge is -2.24. The third kappa shape index (κ3) is 2.37. The van der Waals surface area contributed by atoms with Crippen LogP contribution in [0, 0.1) is 0 Å². The van der Waals surface area contributed by atoms with E-state index in [2.05, 4.69) is 0 Å². The van der Waals surface area contributed by atoms with Gasteiger partial charge in [0.05, 0.1) is 18.1 Å². The molecule has 4 amide bonds. The van der Waals surface area contributed by atoms with E-state index < -0.39 is 6.04 Å². The van der Waals surface area contributed by atoms with Crippen molar-refractivity contribution in [2.24, 2.45) is 0 Å². The minimum Gasteiger partial charge on any atom is -0.323 e. The second kappa shape index (κ2) is 5.92. The van der Waals surface area contributed by atoms with E-state index >= 15 is 0 Å². The maximum atomic E-state index is 13.1. The second-order valence-electron chi connectivity index (χ2n) is 6.54. The fourth-order valence-corrected chi connectivity index (χ4v) is 3.76.